The van der Waals surface area contributed by atoms with Crippen molar-refractivity contribution in [1.82, 2.24) is 15.4 Å². The molecular weight excluding hydrogens is 367 g/mol. The normalized spacial score (nSPS) is 28.5. The molecule has 2 rings (SSSR count). The molecule has 1 unspecified atom stereocenters. The van der Waals surface area contributed by atoms with Crippen molar-refractivity contribution in [2.24, 2.45) is 0 Å². The van der Waals surface area contributed by atoms with Crippen LogP contribution in [0.1, 0.15) is 38.5 Å². The van der Waals surface area contributed by atoms with E-state index in [9.17, 15) is 21.6 Å². The van der Waals surface area contributed by atoms with Crippen LogP contribution < -0.4 is 15.4 Å². The highest BCUT2D eigenvalue weighted by molar-refractivity contribution is 7.90. The number of ether oxygens (including phenoxy) is 1. The van der Waals surface area contributed by atoms with Gasteiger partial charge >= 0.3 is 15.5 Å². The zero-order valence-corrected chi connectivity index (χ0v) is 14.7. The number of nitrogens with one attached hydrogen (secondary N) is 3. The summed E-state index contributed by atoms with van der Waals surface area (Å²) in [5.74, 6) is 0. The molecule has 0 radical (unpaired) electrons. The van der Waals surface area contributed by atoms with Crippen LogP contribution in [0.25, 0.3) is 0 Å². The molecule has 0 aromatic rings. The van der Waals surface area contributed by atoms with Gasteiger partial charge in [-0.25, -0.2) is 13.1 Å². The van der Waals surface area contributed by atoms with Gasteiger partial charge in [0.05, 0.1) is 6.10 Å². The molecule has 24 heavy (non-hydrogen) atoms. The van der Waals surface area contributed by atoms with Crippen molar-refractivity contribution in [3.8, 4) is 0 Å². The summed E-state index contributed by atoms with van der Waals surface area (Å²) in [6, 6.07) is -1.31. The second-order valence-corrected chi connectivity index (χ2v) is 8.17. The molecular formula is C13H22F3N3O3S2. The van der Waals surface area contributed by atoms with Gasteiger partial charge in [-0.1, -0.05) is 12.8 Å². The summed E-state index contributed by atoms with van der Waals surface area (Å²) in [5.41, 5.74) is -5.31. The summed E-state index contributed by atoms with van der Waals surface area (Å²) in [4.78, 5) is 0. The molecule has 0 bridgehead atoms. The summed E-state index contributed by atoms with van der Waals surface area (Å²) < 4.78 is 67.5. The lowest BCUT2D eigenvalue weighted by Gasteiger charge is -2.33. The third-order valence-electron chi connectivity index (χ3n) is 4.21. The number of halogens is 3. The average Bonchev–Trinajstić information content (AvgIpc) is 2.99. The van der Waals surface area contributed by atoms with Crippen LogP contribution in [0.3, 0.4) is 0 Å². The quantitative estimate of drug-likeness (QED) is 0.617. The van der Waals surface area contributed by atoms with Crippen molar-refractivity contribution in [1.29, 1.82) is 0 Å². The maximum atomic E-state index is 12.5. The lowest BCUT2D eigenvalue weighted by atomic mass is 9.91. The van der Waals surface area contributed by atoms with E-state index in [0.29, 0.717) is 30.9 Å². The van der Waals surface area contributed by atoms with Gasteiger partial charge in [0.1, 0.15) is 0 Å². The molecule has 0 aromatic heterocycles. The Morgan fingerprint density at radius 1 is 1.12 bits per heavy atom. The predicted octanol–water partition coefficient (Wildman–Crippen LogP) is 1.38. The van der Waals surface area contributed by atoms with Gasteiger partial charge in [0.15, 0.2) is 5.11 Å². The first-order valence-corrected chi connectivity index (χ1v) is 9.83. The first kappa shape index (κ1) is 19.7. The fourth-order valence-electron chi connectivity index (χ4n) is 2.94. The maximum Gasteiger partial charge on any atom is 0.511 e. The molecule has 6 nitrogen and oxygen atoms in total. The molecule has 1 heterocycles. The zero-order chi connectivity index (χ0) is 17.8. The van der Waals surface area contributed by atoms with E-state index in [2.05, 4.69) is 10.6 Å². The lowest BCUT2D eigenvalue weighted by molar-refractivity contribution is -0.0453. The van der Waals surface area contributed by atoms with E-state index in [1.807, 2.05) is 0 Å². The number of thiocarbonyl (C=S) groups is 1. The van der Waals surface area contributed by atoms with Crippen LogP contribution in [0.15, 0.2) is 0 Å². The Balaban J connectivity index is 1.87. The standard InChI is InChI=1S/C13H22F3N3O3S2/c14-13(15,16)24(20,21)19-11-6-2-1-5-10(11)18-12(23)17-8-9-4-3-7-22-9/h9-11,19H,1-8H2,(H2,17,18,23)/t9?,10-,11-/m0/s1. The summed E-state index contributed by atoms with van der Waals surface area (Å²) in [6.45, 7) is 1.24. The topological polar surface area (TPSA) is 79.5 Å². The number of sulfonamides is 1. The van der Waals surface area contributed by atoms with E-state index in [4.69, 9.17) is 17.0 Å². The third kappa shape index (κ3) is 5.43. The summed E-state index contributed by atoms with van der Waals surface area (Å²) in [5, 5.41) is 6.22. The van der Waals surface area contributed by atoms with Crippen LogP contribution in [-0.4, -0.2) is 50.4 Å². The molecule has 0 amide bonds. The molecule has 1 aliphatic heterocycles. The average molecular weight is 389 g/mol. The molecule has 2 aliphatic rings. The first-order valence-electron chi connectivity index (χ1n) is 7.93. The van der Waals surface area contributed by atoms with Gasteiger partial charge in [0.25, 0.3) is 0 Å². The number of hydrogen-bond acceptors (Lipinski definition) is 4. The van der Waals surface area contributed by atoms with Crippen molar-refractivity contribution in [2.75, 3.05) is 13.2 Å². The minimum atomic E-state index is -5.37. The van der Waals surface area contributed by atoms with Crippen LogP contribution in [-0.2, 0) is 14.8 Å². The second kappa shape index (κ2) is 8.15. The predicted molar refractivity (Wildman–Crippen MR) is 86.9 cm³/mol. The monoisotopic (exact) mass is 389 g/mol. The van der Waals surface area contributed by atoms with Crippen LogP contribution in [0.5, 0.6) is 0 Å². The highest BCUT2D eigenvalue weighted by Crippen LogP contribution is 2.25. The molecule has 0 aromatic carbocycles. The third-order valence-corrected chi connectivity index (χ3v) is 5.69. The SMILES string of the molecule is O=S(=O)(N[C@H]1CCCC[C@@H]1NC(=S)NCC1CCCO1)C(F)(F)F. The lowest BCUT2D eigenvalue weighted by Crippen LogP contribution is -2.57. The molecule has 1 saturated carbocycles. The Labute approximate surface area is 144 Å². The van der Waals surface area contributed by atoms with E-state index in [0.717, 1.165) is 25.9 Å². The first-order chi connectivity index (χ1) is 11.2. The largest absolute Gasteiger partial charge is 0.511 e. The van der Waals surface area contributed by atoms with Crippen molar-refractivity contribution in [3.63, 3.8) is 0 Å². The van der Waals surface area contributed by atoms with Gasteiger partial charge in [-0.05, 0) is 37.9 Å². The molecule has 11 heteroatoms. The van der Waals surface area contributed by atoms with Gasteiger partial charge in [-0.3, -0.25) is 0 Å². The fourth-order valence-corrected chi connectivity index (χ4v) is 3.99. The molecule has 2 fully saturated rings. The van der Waals surface area contributed by atoms with Gasteiger partial charge in [-0.2, -0.15) is 13.2 Å². The Kier molecular flexibility index (Phi) is 6.68. The second-order valence-electron chi connectivity index (χ2n) is 6.05. The molecule has 0 spiro atoms. The number of rotatable bonds is 5. The molecule has 1 aliphatic carbocycles. The summed E-state index contributed by atoms with van der Waals surface area (Å²) >= 11 is 5.16. The van der Waals surface area contributed by atoms with Gasteiger partial charge < -0.3 is 15.4 Å². The Morgan fingerprint density at radius 3 is 2.38 bits per heavy atom. The summed E-state index contributed by atoms with van der Waals surface area (Å²) in [7, 11) is -5.37. The highest BCUT2D eigenvalue weighted by atomic mass is 32.2. The Morgan fingerprint density at radius 2 is 1.79 bits per heavy atom. The van der Waals surface area contributed by atoms with Crippen molar-refractivity contribution < 1.29 is 26.3 Å². The smallest absolute Gasteiger partial charge is 0.376 e. The van der Waals surface area contributed by atoms with E-state index in [1.165, 1.54) is 0 Å². The van der Waals surface area contributed by atoms with Crippen molar-refractivity contribution in [2.45, 2.75) is 62.2 Å². The van der Waals surface area contributed by atoms with E-state index in [1.54, 1.807) is 4.72 Å². The van der Waals surface area contributed by atoms with Crippen molar-refractivity contribution >= 4 is 27.4 Å². The zero-order valence-electron chi connectivity index (χ0n) is 13.1. The maximum absolute atomic E-state index is 12.5. The number of alkyl halides is 3. The number of hydrogen-bond donors (Lipinski definition) is 3. The Bertz CT molecular complexity index is 536. The Hall–Kier alpha value is -0.650. The van der Waals surface area contributed by atoms with Crippen LogP contribution in [0.4, 0.5) is 13.2 Å². The van der Waals surface area contributed by atoms with Crippen LogP contribution >= 0.6 is 12.2 Å². The van der Waals surface area contributed by atoms with E-state index < -0.39 is 27.6 Å². The van der Waals surface area contributed by atoms with Gasteiger partial charge in [-0.15, -0.1) is 0 Å². The van der Waals surface area contributed by atoms with Crippen LogP contribution in [0.2, 0.25) is 0 Å². The van der Waals surface area contributed by atoms with E-state index >= 15 is 0 Å². The highest BCUT2D eigenvalue weighted by Gasteiger charge is 2.47. The van der Waals surface area contributed by atoms with Gasteiger partial charge in [0, 0.05) is 25.2 Å². The molecule has 140 valence electrons. The van der Waals surface area contributed by atoms with Crippen LogP contribution in [0, 0.1) is 0 Å². The molecule has 3 atom stereocenters. The molecule has 1 saturated heterocycles. The van der Waals surface area contributed by atoms with Gasteiger partial charge in [0.2, 0.25) is 0 Å². The minimum absolute atomic E-state index is 0.0793. The fraction of sp³-hybridized carbons (Fsp3) is 0.923. The summed E-state index contributed by atoms with van der Waals surface area (Å²) in [6.07, 6.45) is 4.36. The molecule has 3 N–H and O–H groups in total. The minimum Gasteiger partial charge on any atom is -0.376 e. The van der Waals surface area contributed by atoms with Crippen molar-refractivity contribution in [3.05, 3.63) is 0 Å². The van der Waals surface area contributed by atoms with E-state index in [-0.39, 0.29) is 6.10 Å².